The number of furan rings is 1. The molecule has 1 aromatic carbocycles. The molecular weight excluding hydrogens is 306 g/mol. The average Bonchev–Trinajstić information content (AvgIpc) is 3.13. The summed E-state index contributed by atoms with van der Waals surface area (Å²) < 4.78 is 11.6. The quantitative estimate of drug-likeness (QED) is 0.920. The first-order valence-corrected chi connectivity index (χ1v) is 8.57. The minimum absolute atomic E-state index is 0.0343. The van der Waals surface area contributed by atoms with E-state index in [4.69, 9.17) is 9.15 Å². The number of para-hydroxylation sites is 1. The molecule has 1 saturated heterocycles. The van der Waals surface area contributed by atoms with E-state index in [0.717, 1.165) is 30.4 Å². The van der Waals surface area contributed by atoms with Crippen molar-refractivity contribution in [3.8, 4) is 0 Å². The van der Waals surface area contributed by atoms with Gasteiger partial charge in [-0.25, -0.2) is 0 Å². The molecule has 1 aliphatic carbocycles. The van der Waals surface area contributed by atoms with Crippen molar-refractivity contribution in [3.05, 3.63) is 35.6 Å². The van der Waals surface area contributed by atoms with E-state index >= 15 is 0 Å². The summed E-state index contributed by atoms with van der Waals surface area (Å²) in [5.74, 6) is 0.763. The summed E-state index contributed by atoms with van der Waals surface area (Å²) in [7, 11) is 1.72. The van der Waals surface area contributed by atoms with Gasteiger partial charge in [-0.05, 0) is 44.7 Å². The molecule has 0 bridgehead atoms. The number of amides is 1. The Labute approximate surface area is 141 Å². The van der Waals surface area contributed by atoms with Gasteiger partial charge in [0.25, 0.3) is 5.91 Å². The van der Waals surface area contributed by atoms with Crippen molar-refractivity contribution in [2.45, 2.75) is 50.4 Å². The number of aliphatic hydroxyl groups excluding tert-OH is 1. The Bertz CT molecular complexity index is 783. The molecule has 0 spiro atoms. The molecule has 24 heavy (non-hydrogen) atoms. The summed E-state index contributed by atoms with van der Waals surface area (Å²) in [6, 6.07) is 7.53. The zero-order chi connectivity index (χ0) is 16.9. The van der Waals surface area contributed by atoms with Crippen LogP contribution in [0.2, 0.25) is 0 Å². The van der Waals surface area contributed by atoms with Gasteiger partial charge in [0.15, 0.2) is 0 Å². The molecule has 2 aromatic rings. The number of carbonyl (C=O) groups excluding carboxylic acids is 1. The van der Waals surface area contributed by atoms with E-state index in [1.807, 2.05) is 36.1 Å². The molecule has 0 radical (unpaired) electrons. The van der Waals surface area contributed by atoms with Crippen LogP contribution >= 0.6 is 0 Å². The van der Waals surface area contributed by atoms with Gasteiger partial charge in [0.1, 0.15) is 11.3 Å². The van der Waals surface area contributed by atoms with Gasteiger partial charge in [-0.1, -0.05) is 12.1 Å². The number of nitrogens with zero attached hydrogens (tertiary/aromatic N) is 1. The highest BCUT2D eigenvalue weighted by Crippen LogP contribution is 2.43. The van der Waals surface area contributed by atoms with Crippen LogP contribution in [0.1, 0.15) is 41.8 Å². The lowest BCUT2D eigenvalue weighted by Gasteiger charge is -2.42. The first-order chi connectivity index (χ1) is 11.5. The van der Waals surface area contributed by atoms with E-state index in [9.17, 15) is 9.90 Å². The Hall–Kier alpha value is -1.85. The number of aliphatic hydroxyl groups is 1. The molecule has 0 unspecified atom stereocenters. The summed E-state index contributed by atoms with van der Waals surface area (Å²) >= 11 is 0. The van der Waals surface area contributed by atoms with Crippen LogP contribution in [0.25, 0.3) is 11.0 Å². The highest BCUT2D eigenvalue weighted by atomic mass is 16.5. The molecule has 1 amide bonds. The molecule has 5 heteroatoms. The number of rotatable bonds is 2. The van der Waals surface area contributed by atoms with Crippen molar-refractivity contribution in [3.63, 3.8) is 0 Å². The van der Waals surface area contributed by atoms with Gasteiger partial charge in [0, 0.05) is 19.0 Å². The molecular formula is C19H23NO4. The maximum absolute atomic E-state index is 13.2. The summed E-state index contributed by atoms with van der Waals surface area (Å²) in [5, 5.41) is 11.0. The second kappa shape index (κ2) is 5.60. The third kappa shape index (κ3) is 2.26. The normalized spacial score (nSPS) is 29.9. The second-order valence-electron chi connectivity index (χ2n) is 7.04. The first-order valence-electron chi connectivity index (χ1n) is 8.57. The van der Waals surface area contributed by atoms with Crippen LogP contribution in [0, 0.1) is 6.92 Å². The number of carbonyl (C=O) groups is 1. The maximum atomic E-state index is 13.2. The number of aryl methyl sites for hydroxylation is 1. The van der Waals surface area contributed by atoms with Crippen molar-refractivity contribution in [2.24, 2.45) is 0 Å². The van der Waals surface area contributed by atoms with Gasteiger partial charge in [0.05, 0.1) is 23.3 Å². The Morgan fingerprint density at radius 2 is 2.25 bits per heavy atom. The molecule has 1 aliphatic heterocycles. The van der Waals surface area contributed by atoms with E-state index in [2.05, 4.69) is 0 Å². The van der Waals surface area contributed by atoms with E-state index in [0.29, 0.717) is 24.1 Å². The van der Waals surface area contributed by atoms with Crippen LogP contribution in [0.5, 0.6) is 0 Å². The summed E-state index contributed by atoms with van der Waals surface area (Å²) in [4.78, 5) is 15.1. The summed E-state index contributed by atoms with van der Waals surface area (Å²) in [5.41, 5.74) is 0.917. The summed E-state index contributed by atoms with van der Waals surface area (Å²) in [6.45, 7) is 2.54. The van der Waals surface area contributed by atoms with E-state index in [-0.39, 0.29) is 23.7 Å². The monoisotopic (exact) mass is 329 g/mol. The fraction of sp³-hybridized carbons (Fsp3) is 0.526. The first kappa shape index (κ1) is 15.7. The number of fused-ring (bicyclic) bond motifs is 2. The molecule has 128 valence electrons. The van der Waals surface area contributed by atoms with Crippen molar-refractivity contribution >= 4 is 16.9 Å². The number of methoxy groups -OCH3 is 1. The highest BCUT2D eigenvalue weighted by molar-refractivity contribution is 6.05. The van der Waals surface area contributed by atoms with E-state index < -0.39 is 0 Å². The zero-order valence-electron chi connectivity index (χ0n) is 14.1. The number of likely N-dealkylation sites (tertiary alicyclic amines) is 1. The number of hydrogen-bond donors (Lipinski definition) is 1. The number of benzene rings is 1. The SMILES string of the molecule is CO[C@@]12CC[C@@H](O)C[C@@H]1N(C(=O)c1cccc3cc(C)oc13)CC2. The van der Waals surface area contributed by atoms with Crippen molar-refractivity contribution in [1.29, 1.82) is 0 Å². The Kier molecular flexibility index (Phi) is 3.66. The molecule has 2 heterocycles. The predicted octanol–water partition coefficient (Wildman–Crippen LogP) is 2.89. The van der Waals surface area contributed by atoms with Crippen molar-refractivity contribution in [1.82, 2.24) is 4.90 Å². The third-order valence-corrected chi connectivity index (χ3v) is 5.72. The smallest absolute Gasteiger partial charge is 0.258 e. The van der Waals surface area contributed by atoms with Crippen LogP contribution in [0.3, 0.4) is 0 Å². The van der Waals surface area contributed by atoms with Crippen LogP contribution in [0.15, 0.2) is 28.7 Å². The molecule has 1 aromatic heterocycles. The fourth-order valence-electron chi connectivity index (χ4n) is 4.43. The minimum Gasteiger partial charge on any atom is -0.461 e. The molecule has 2 fully saturated rings. The minimum atomic E-state index is -0.367. The van der Waals surface area contributed by atoms with Gasteiger partial charge in [0.2, 0.25) is 0 Å². The van der Waals surface area contributed by atoms with Gasteiger partial charge in [-0.3, -0.25) is 4.79 Å². The standard InChI is InChI=1S/C19H23NO4/c1-12-10-13-4-3-5-15(17(13)24-12)18(22)20-9-8-19(23-2)7-6-14(21)11-16(19)20/h3-5,10,14,16,21H,6-9,11H2,1-2H3/t14-,16+,19-/m1/s1. The molecule has 1 saturated carbocycles. The van der Waals surface area contributed by atoms with Crippen LogP contribution in [-0.4, -0.2) is 47.3 Å². The van der Waals surface area contributed by atoms with Crippen LogP contribution in [-0.2, 0) is 4.74 Å². The lowest BCUT2D eigenvalue weighted by Crippen LogP contribution is -2.52. The van der Waals surface area contributed by atoms with E-state index in [1.54, 1.807) is 7.11 Å². The van der Waals surface area contributed by atoms with E-state index in [1.165, 1.54) is 0 Å². The number of hydrogen-bond acceptors (Lipinski definition) is 4. The van der Waals surface area contributed by atoms with Crippen LogP contribution < -0.4 is 0 Å². The molecule has 2 aliphatic rings. The lowest BCUT2D eigenvalue weighted by molar-refractivity contribution is -0.0824. The lowest BCUT2D eigenvalue weighted by atomic mass is 9.79. The molecule has 1 N–H and O–H groups in total. The van der Waals surface area contributed by atoms with Crippen molar-refractivity contribution < 1.29 is 19.1 Å². The maximum Gasteiger partial charge on any atom is 0.258 e. The Morgan fingerprint density at radius 1 is 1.42 bits per heavy atom. The predicted molar refractivity (Wildman–Crippen MR) is 90.0 cm³/mol. The van der Waals surface area contributed by atoms with Crippen LogP contribution in [0.4, 0.5) is 0 Å². The fourth-order valence-corrected chi connectivity index (χ4v) is 4.43. The Morgan fingerprint density at radius 3 is 3.04 bits per heavy atom. The van der Waals surface area contributed by atoms with Gasteiger partial charge >= 0.3 is 0 Å². The second-order valence-corrected chi connectivity index (χ2v) is 7.04. The molecule has 5 nitrogen and oxygen atoms in total. The highest BCUT2D eigenvalue weighted by Gasteiger charge is 2.52. The van der Waals surface area contributed by atoms with Gasteiger partial charge in [-0.2, -0.15) is 0 Å². The largest absolute Gasteiger partial charge is 0.461 e. The molecule has 3 atom stereocenters. The van der Waals surface area contributed by atoms with Gasteiger partial charge in [-0.15, -0.1) is 0 Å². The number of ether oxygens (including phenoxy) is 1. The topological polar surface area (TPSA) is 62.9 Å². The zero-order valence-corrected chi connectivity index (χ0v) is 14.1. The van der Waals surface area contributed by atoms with Gasteiger partial charge < -0.3 is 19.2 Å². The Balaban J connectivity index is 1.71. The third-order valence-electron chi connectivity index (χ3n) is 5.72. The average molecular weight is 329 g/mol. The summed E-state index contributed by atoms with van der Waals surface area (Å²) in [6.07, 6.45) is 2.56. The van der Waals surface area contributed by atoms with Crippen molar-refractivity contribution in [2.75, 3.05) is 13.7 Å². The molecule has 4 rings (SSSR count).